The van der Waals surface area contributed by atoms with Gasteiger partial charge in [-0.25, -0.2) is 4.98 Å². The van der Waals surface area contributed by atoms with Crippen molar-refractivity contribution in [3.8, 4) is 6.07 Å². The van der Waals surface area contributed by atoms with Gasteiger partial charge in [-0.2, -0.15) is 5.26 Å². The molecular weight excluding hydrogens is 320 g/mol. The average Bonchev–Trinajstić information content (AvgIpc) is 3.04. The zero-order valence-corrected chi connectivity index (χ0v) is 13.8. The molecule has 0 aliphatic carbocycles. The Morgan fingerprint density at radius 1 is 1.21 bits per heavy atom. The molecule has 0 aliphatic rings. The van der Waals surface area contributed by atoms with E-state index in [0.29, 0.717) is 13.0 Å². The number of rotatable bonds is 6. The molecule has 3 rings (SSSR count). The van der Waals surface area contributed by atoms with Crippen molar-refractivity contribution in [2.24, 2.45) is 0 Å². The molecule has 1 amide bonds. The third kappa shape index (κ3) is 3.58. The van der Waals surface area contributed by atoms with Crippen LogP contribution in [0.5, 0.6) is 0 Å². The number of nitriles is 1. The van der Waals surface area contributed by atoms with Crippen LogP contribution in [-0.4, -0.2) is 27.6 Å². The smallest absolute Gasteiger partial charge is 0.237 e. The van der Waals surface area contributed by atoms with Crippen LogP contribution in [0.2, 0.25) is 0 Å². The van der Waals surface area contributed by atoms with Gasteiger partial charge in [-0.3, -0.25) is 9.20 Å². The average molecular weight is 336 g/mol. The van der Waals surface area contributed by atoms with Crippen LogP contribution in [0.15, 0.2) is 66.1 Å². The second kappa shape index (κ2) is 7.66. The first kappa shape index (κ1) is 16.1. The topological polar surface area (TPSA) is 61.4 Å². The normalized spacial score (nSPS) is 10.5. The number of para-hydroxylation sites is 1. The largest absolute Gasteiger partial charge is 0.311 e. The molecule has 0 N–H and O–H groups in total. The van der Waals surface area contributed by atoms with Crippen molar-refractivity contribution in [1.82, 2.24) is 9.38 Å². The Labute approximate surface area is 144 Å². The van der Waals surface area contributed by atoms with Gasteiger partial charge in [-0.1, -0.05) is 36.0 Å². The van der Waals surface area contributed by atoms with Crippen LogP contribution in [-0.2, 0) is 4.79 Å². The summed E-state index contributed by atoms with van der Waals surface area (Å²) in [7, 11) is 0. The Morgan fingerprint density at radius 2 is 2.00 bits per heavy atom. The summed E-state index contributed by atoms with van der Waals surface area (Å²) >= 11 is 1.40. The number of pyridine rings is 1. The lowest BCUT2D eigenvalue weighted by molar-refractivity contribution is -0.116. The maximum absolute atomic E-state index is 12.6. The number of amides is 1. The molecule has 0 unspecified atom stereocenters. The Bertz CT molecular complexity index is 869. The molecular formula is C18H16N4OS. The van der Waals surface area contributed by atoms with E-state index in [1.54, 1.807) is 11.1 Å². The van der Waals surface area contributed by atoms with E-state index in [2.05, 4.69) is 11.1 Å². The number of hydrogen-bond donors (Lipinski definition) is 0. The van der Waals surface area contributed by atoms with Crippen LogP contribution >= 0.6 is 11.8 Å². The number of thioether (sulfide) groups is 1. The Hall–Kier alpha value is -2.78. The zero-order chi connectivity index (χ0) is 16.8. The highest BCUT2D eigenvalue weighted by Gasteiger charge is 2.16. The van der Waals surface area contributed by atoms with E-state index in [1.807, 2.05) is 59.1 Å². The number of carbonyl (C=O) groups excluding carboxylic acids is 1. The predicted molar refractivity (Wildman–Crippen MR) is 94.9 cm³/mol. The molecule has 2 heterocycles. The summed E-state index contributed by atoms with van der Waals surface area (Å²) < 4.78 is 1.96. The lowest BCUT2D eigenvalue weighted by Crippen LogP contribution is -2.33. The second-order valence-corrected chi connectivity index (χ2v) is 6.06. The van der Waals surface area contributed by atoms with E-state index in [4.69, 9.17) is 5.26 Å². The number of nitrogens with zero attached hydrogens (tertiary/aromatic N) is 4. The fourth-order valence-electron chi connectivity index (χ4n) is 2.40. The van der Waals surface area contributed by atoms with Gasteiger partial charge in [0.1, 0.15) is 0 Å². The van der Waals surface area contributed by atoms with Crippen LogP contribution in [0.3, 0.4) is 0 Å². The molecule has 5 nitrogen and oxygen atoms in total. The van der Waals surface area contributed by atoms with Crippen molar-refractivity contribution >= 4 is 28.9 Å². The van der Waals surface area contributed by atoms with Crippen molar-refractivity contribution in [3.63, 3.8) is 0 Å². The molecule has 0 atom stereocenters. The first-order valence-electron chi connectivity index (χ1n) is 7.57. The van der Waals surface area contributed by atoms with Gasteiger partial charge in [0.25, 0.3) is 0 Å². The lowest BCUT2D eigenvalue weighted by atomic mass is 10.2. The number of aromatic nitrogens is 2. The van der Waals surface area contributed by atoms with Crippen molar-refractivity contribution in [1.29, 1.82) is 5.26 Å². The van der Waals surface area contributed by atoms with E-state index < -0.39 is 0 Å². The first-order valence-corrected chi connectivity index (χ1v) is 8.55. The van der Waals surface area contributed by atoms with Crippen LogP contribution in [0.25, 0.3) is 5.52 Å². The van der Waals surface area contributed by atoms with Gasteiger partial charge in [0.2, 0.25) is 5.91 Å². The molecule has 0 fully saturated rings. The molecule has 24 heavy (non-hydrogen) atoms. The molecule has 1 aromatic carbocycles. The summed E-state index contributed by atoms with van der Waals surface area (Å²) in [5.74, 6) is 0.239. The van der Waals surface area contributed by atoms with Crippen molar-refractivity contribution in [2.45, 2.75) is 11.6 Å². The minimum absolute atomic E-state index is 0.0332. The van der Waals surface area contributed by atoms with Crippen molar-refractivity contribution in [2.75, 3.05) is 17.2 Å². The molecule has 0 saturated carbocycles. The molecule has 0 spiro atoms. The molecule has 120 valence electrons. The lowest BCUT2D eigenvalue weighted by Gasteiger charge is -2.21. The number of anilines is 1. The maximum Gasteiger partial charge on any atom is 0.237 e. The molecule has 0 radical (unpaired) electrons. The van der Waals surface area contributed by atoms with E-state index in [1.165, 1.54) is 11.8 Å². The highest BCUT2D eigenvalue weighted by Crippen LogP contribution is 2.21. The van der Waals surface area contributed by atoms with Crippen molar-refractivity contribution < 1.29 is 4.79 Å². The summed E-state index contributed by atoms with van der Waals surface area (Å²) in [5, 5.41) is 9.62. The van der Waals surface area contributed by atoms with Gasteiger partial charge in [0.05, 0.1) is 30.0 Å². The standard InChI is InChI=1S/C18H16N4OS/c19-10-6-12-21(15-7-2-1-3-8-15)17(23)14-24-18-20-13-16-9-4-5-11-22(16)18/h1-5,7-9,11,13H,6,12,14H2. The van der Waals surface area contributed by atoms with Crippen molar-refractivity contribution in [3.05, 3.63) is 60.9 Å². The Kier molecular flexibility index (Phi) is 5.14. The molecule has 0 aliphatic heterocycles. The summed E-state index contributed by atoms with van der Waals surface area (Å²) in [6.07, 6.45) is 4.02. The fraction of sp³-hybridized carbons (Fsp3) is 0.167. The van der Waals surface area contributed by atoms with Gasteiger partial charge in [-0.15, -0.1) is 0 Å². The van der Waals surface area contributed by atoms with Gasteiger partial charge in [0.15, 0.2) is 5.16 Å². The van der Waals surface area contributed by atoms with Crippen LogP contribution < -0.4 is 4.90 Å². The van der Waals surface area contributed by atoms with Gasteiger partial charge >= 0.3 is 0 Å². The fourth-order valence-corrected chi connectivity index (χ4v) is 3.24. The number of benzene rings is 1. The molecule has 0 bridgehead atoms. The summed E-state index contributed by atoms with van der Waals surface area (Å²) in [5.41, 5.74) is 1.81. The highest BCUT2D eigenvalue weighted by atomic mass is 32.2. The Balaban J connectivity index is 1.72. The first-order chi connectivity index (χ1) is 11.8. The predicted octanol–water partition coefficient (Wildman–Crippen LogP) is 3.37. The van der Waals surface area contributed by atoms with E-state index in [0.717, 1.165) is 16.4 Å². The van der Waals surface area contributed by atoms with E-state index in [-0.39, 0.29) is 11.7 Å². The highest BCUT2D eigenvalue weighted by molar-refractivity contribution is 7.99. The molecule has 3 aromatic rings. The number of carbonyl (C=O) groups is 1. The minimum Gasteiger partial charge on any atom is -0.311 e. The number of imidazole rings is 1. The van der Waals surface area contributed by atoms with Crippen LogP contribution in [0, 0.1) is 11.3 Å². The monoisotopic (exact) mass is 336 g/mol. The van der Waals surface area contributed by atoms with Gasteiger partial charge in [0, 0.05) is 18.4 Å². The van der Waals surface area contributed by atoms with Crippen LogP contribution in [0.4, 0.5) is 5.69 Å². The zero-order valence-electron chi connectivity index (χ0n) is 13.0. The summed E-state index contributed by atoms with van der Waals surface area (Å²) in [4.78, 5) is 18.7. The molecule has 6 heteroatoms. The van der Waals surface area contributed by atoms with Gasteiger partial charge < -0.3 is 4.90 Å². The third-order valence-corrected chi connectivity index (χ3v) is 4.50. The van der Waals surface area contributed by atoms with Crippen LogP contribution in [0.1, 0.15) is 6.42 Å². The minimum atomic E-state index is -0.0332. The van der Waals surface area contributed by atoms with E-state index in [9.17, 15) is 4.79 Å². The second-order valence-electron chi connectivity index (χ2n) is 5.11. The summed E-state index contributed by atoms with van der Waals surface area (Å²) in [6.45, 7) is 0.391. The summed E-state index contributed by atoms with van der Waals surface area (Å²) in [6, 6.07) is 17.4. The quantitative estimate of drug-likeness (QED) is 0.648. The number of fused-ring (bicyclic) bond motifs is 1. The third-order valence-electron chi connectivity index (χ3n) is 3.55. The van der Waals surface area contributed by atoms with Gasteiger partial charge in [-0.05, 0) is 24.3 Å². The SMILES string of the molecule is N#CCCN(C(=O)CSc1ncc2ccccn12)c1ccccc1. The Morgan fingerprint density at radius 3 is 2.79 bits per heavy atom. The maximum atomic E-state index is 12.6. The molecule has 2 aromatic heterocycles. The van der Waals surface area contributed by atoms with E-state index >= 15 is 0 Å². The number of hydrogen-bond acceptors (Lipinski definition) is 4. The molecule has 0 saturated heterocycles.